The van der Waals surface area contributed by atoms with Gasteiger partial charge in [-0.25, -0.2) is 4.79 Å². The molecule has 1 fully saturated rings. The molecule has 0 saturated heterocycles. The Morgan fingerprint density at radius 1 is 1.47 bits per heavy atom. The number of nitrogens with zero attached hydrogens (tertiary/aromatic N) is 1. The Balaban J connectivity index is 2.34. The van der Waals surface area contributed by atoms with E-state index in [0.29, 0.717) is 15.1 Å². The molecule has 0 heterocycles. The number of carbonyl (C=O) groups is 2. The molecule has 4 nitrogen and oxygen atoms in total. The second-order valence-electron chi connectivity index (χ2n) is 4.58. The number of rotatable bonds is 4. The molecule has 2 rings (SSSR count). The number of aliphatic carboxylic acids is 1. The van der Waals surface area contributed by atoms with Crippen LogP contribution in [-0.4, -0.2) is 34.0 Å². The summed E-state index contributed by atoms with van der Waals surface area (Å²) in [4.78, 5) is 25.1. The lowest BCUT2D eigenvalue weighted by Gasteiger charge is -2.27. The fourth-order valence-corrected chi connectivity index (χ4v) is 2.52. The van der Waals surface area contributed by atoms with Crippen LogP contribution in [0.3, 0.4) is 0 Å². The Kier molecular flexibility index (Phi) is 4.16. The lowest BCUT2D eigenvalue weighted by atomic mass is 10.1. The van der Waals surface area contributed by atoms with Gasteiger partial charge in [-0.15, -0.1) is 0 Å². The van der Waals surface area contributed by atoms with E-state index < -0.39 is 12.0 Å². The van der Waals surface area contributed by atoms with Crippen molar-refractivity contribution in [3.05, 3.63) is 33.3 Å². The lowest BCUT2D eigenvalue weighted by Crippen LogP contribution is -2.44. The number of benzene rings is 1. The first-order valence-corrected chi connectivity index (χ1v) is 7.09. The Morgan fingerprint density at radius 3 is 2.63 bits per heavy atom. The predicted octanol–water partition coefficient (Wildman–Crippen LogP) is 3.18. The maximum Gasteiger partial charge on any atom is 0.326 e. The summed E-state index contributed by atoms with van der Waals surface area (Å²) >= 11 is 9.20. The summed E-state index contributed by atoms with van der Waals surface area (Å²) in [6, 6.07) is 4.09. The third-order valence-electron chi connectivity index (χ3n) is 3.11. The SMILES string of the molecule is CC(C(=O)O)N(C(=O)c1cc(Cl)ccc1Br)C1CC1. The highest BCUT2D eigenvalue weighted by Gasteiger charge is 2.39. The van der Waals surface area contributed by atoms with Gasteiger partial charge >= 0.3 is 5.97 Å². The molecule has 1 saturated carbocycles. The van der Waals surface area contributed by atoms with Crippen molar-refractivity contribution in [2.45, 2.75) is 31.8 Å². The normalized spacial score (nSPS) is 15.9. The maximum atomic E-state index is 12.5. The standard InChI is InChI=1S/C13H13BrClNO3/c1-7(13(18)19)16(9-3-4-9)12(17)10-6-8(15)2-5-11(10)14/h2,5-7,9H,3-4H2,1H3,(H,18,19). The molecule has 0 bridgehead atoms. The predicted molar refractivity (Wildman–Crippen MR) is 75.4 cm³/mol. The molecule has 0 spiro atoms. The zero-order valence-corrected chi connectivity index (χ0v) is 12.6. The molecule has 102 valence electrons. The molecule has 1 amide bonds. The summed E-state index contributed by atoms with van der Waals surface area (Å²) in [5.41, 5.74) is 0.396. The first kappa shape index (κ1) is 14.3. The van der Waals surface area contributed by atoms with Gasteiger partial charge in [0.1, 0.15) is 6.04 Å². The molecule has 0 radical (unpaired) electrons. The largest absolute Gasteiger partial charge is 0.480 e. The maximum absolute atomic E-state index is 12.5. The second-order valence-corrected chi connectivity index (χ2v) is 5.87. The first-order valence-electron chi connectivity index (χ1n) is 5.92. The number of carbonyl (C=O) groups excluding carboxylic acids is 1. The van der Waals surface area contributed by atoms with Crippen LogP contribution >= 0.6 is 27.5 Å². The minimum Gasteiger partial charge on any atom is -0.480 e. The van der Waals surface area contributed by atoms with E-state index in [2.05, 4.69) is 15.9 Å². The van der Waals surface area contributed by atoms with Crippen molar-refractivity contribution in [3.8, 4) is 0 Å². The van der Waals surface area contributed by atoms with Crippen LogP contribution in [-0.2, 0) is 4.79 Å². The Bertz CT molecular complexity index is 531. The molecular weight excluding hydrogens is 334 g/mol. The average Bonchev–Trinajstić information content (AvgIpc) is 3.16. The summed E-state index contributed by atoms with van der Waals surface area (Å²) in [5.74, 6) is -1.30. The van der Waals surface area contributed by atoms with Gasteiger partial charge in [-0.05, 0) is 53.9 Å². The zero-order chi connectivity index (χ0) is 14.2. The molecule has 19 heavy (non-hydrogen) atoms. The summed E-state index contributed by atoms with van der Waals surface area (Å²) in [7, 11) is 0. The summed E-state index contributed by atoms with van der Waals surface area (Å²) in [6.07, 6.45) is 1.70. The van der Waals surface area contributed by atoms with E-state index in [1.165, 1.54) is 11.8 Å². The number of carboxylic acid groups (broad SMARTS) is 1. The van der Waals surface area contributed by atoms with E-state index in [-0.39, 0.29) is 11.9 Å². The number of amides is 1. The van der Waals surface area contributed by atoms with Crippen molar-refractivity contribution in [2.75, 3.05) is 0 Å². The van der Waals surface area contributed by atoms with Crippen LogP contribution in [0.1, 0.15) is 30.1 Å². The molecular formula is C13H13BrClNO3. The van der Waals surface area contributed by atoms with Crippen LogP contribution in [0.4, 0.5) is 0 Å². The van der Waals surface area contributed by atoms with Crippen LogP contribution in [0.2, 0.25) is 5.02 Å². The van der Waals surface area contributed by atoms with Gasteiger partial charge in [-0.3, -0.25) is 4.79 Å². The number of halogens is 2. The van der Waals surface area contributed by atoms with E-state index in [9.17, 15) is 9.59 Å². The van der Waals surface area contributed by atoms with E-state index in [0.717, 1.165) is 12.8 Å². The highest BCUT2D eigenvalue weighted by Crippen LogP contribution is 2.32. The Morgan fingerprint density at radius 2 is 2.11 bits per heavy atom. The Labute approximate surface area is 124 Å². The van der Waals surface area contributed by atoms with E-state index in [4.69, 9.17) is 16.7 Å². The van der Waals surface area contributed by atoms with Crippen molar-refractivity contribution >= 4 is 39.4 Å². The van der Waals surface area contributed by atoms with Gasteiger partial charge in [0.15, 0.2) is 0 Å². The molecule has 1 N–H and O–H groups in total. The molecule has 0 aromatic heterocycles. The van der Waals surface area contributed by atoms with Gasteiger partial charge in [0.05, 0.1) is 5.56 Å². The van der Waals surface area contributed by atoms with Gasteiger partial charge in [0.2, 0.25) is 0 Å². The lowest BCUT2D eigenvalue weighted by molar-refractivity contribution is -0.141. The monoisotopic (exact) mass is 345 g/mol. The van der Waals surface area contributed by atoms with Crippen molar-refractivity contribution in [2.24, 2.45) is 0 Å². The second kappa shape index (κ2) is 5.51. The fraction of sp³-hybridized carbons (Fsp3) is 0.385. The van der Waals surface area contributed by atoms with Gasteiger partial charge in [-0.2, -0.15) is 0 Å². The smallest absolute Gasteiger partial charge is 0.326 e. The third kappa shape index (κ3) is 3.09. The van der Waals surface area contributed by atoms with Crippen LogP contribution in [0.5, 0.6) is 0 Å². The van der Waals surface area contributed by atoms with E-state index in [1.54, 1.807) is 18.2 Å². The van der Waals surface area contributed by atoms with Crippen LogP contribution in [0.15, 0.2) is 22.7 Å². The highest BCUT2D eigenvalue weighted by atomic mass is 79.9. The summed E-state index contributed by atoms with van der Waals surface area (Å²) < 4.78 is 0.616. The quantitative estimate of drug-likeness (QED) is 0.911. The number of hydrogen-bond donors (Lipinski definition) is 1. The van der Waals surface area contributed by atoms with Gasteiger partial charge in [0.25, 0.3) is 5.91 Å². The zero-order valence-electron chi connectivity index (χ0n) is 10.3. The molecule has 1 aliphatic carbocycles. The van der Waals surface area contributed by atoms with Crippen LogP contribution in [0, 0.1) is 0 Å². The molecule has 1 unspecified atom stereocenters. The highest BCUT2D eigenvalue weighted by molar-refractivity contribution is 9.10. The molecule has 1 aromatic carbocycles. The van der Waals surface area contributed by atoms with Crippen molar-refractivity contribution in [1.29, 1.82) is 0 Å². The number of carboxylic acids is 1. The van der Waals surface area contributed by atoms with Crippen molar-refractivity contribution < 1.29 is 14.7 Å². The van der Waals surface area contributed by atoms with Crippen LogP contribution < -0.4 is 0 Å². The Hall–Kier alpha value is -1.07. The molecule has 1 aliphatic rings. The van der Waals surface area contributed by atoms with Gasteiger partial charge < -0.3 is 10.0 Å². The third-order valence-corrected chi connectivity index (χ3v) is 4.03. The summed E-state index contributed by atoms with van der Waals surface area (Å²) in [5, 5.41) is 9.57. The topological polar surface area (TPSA) is 57.6 Å². The minimum absolute atomic E-state index is 0.0180. The van der Waals surface area contributed by atoms with Gasteiger partial charge in [0, 0.05) is 15.5 Å². The molecule has 1 aromatic rings. The average molecular weight is 347 g/mol. The summed E-state index contributed by atoms with van der Waals surface area (Å²) in [6.45, 7) is 1.52. The van der Waals surface area contributed by atoms with Gasteiger partial charge in [-0.1, -0.05) is 11.6 Å². The van der Waals surface area contributed by atoms with Crippen LogP contribution in [0.25, 0.3) is 0 Å². The van der Waals surface area contributed by atoms with Crippen molar-refractivity contribution in [1.82, 2.24) is 4.90 Å². The minimum atomic E-state index is -1.00. The van der Waals surface area contributed by atoms with E-state index in [1.807, 2.05) is 0 Å². The molecule has 0 aliphatic heterocycles. The fourth-order valence-electron chi connectivity index (χ4n) is 1.93. The molecule has 1 atom stereocenters. The van der Waals surface area contributed by atoms with Crippen molar-refractivity contribution in [3.63, 3.8) is 0 Å². The molecule has 6 heteroatoms. The first-order chi connectivity index (χ1) is 8.91. The van der Waals surface area contributed by atoms with E-state index >= 15 is 0 Å². The number of hydrogen-bond acceptors (Lipinski definition) is 2.